The number of para-hydroxylation sites is 1. The van der Waals surface area contributed by atoms with Crippen molar-refractivity contribution in [2.45, 2.75) is 13.8 Å². The van der Waals surface area contributed by atoms with Crippen molar-refractivity contribution in [2.75, 3.05) is 19.8 Å². The first-order valence-corrected chi connectivity index (χ1v) is 8.67. The molecule has 1 N–H and O–H groups in total. The second-order valence-corrected chi connectivity index (χ2v) is 5.62. The molecule has 0 amide bonds. The Morgan fingerprint density at radius 3 is 2.63 bits per heavy atom. The van der Waals surface area contributed by atoms with Gasteiger partial charge in [-0.3, -0.25) is 4.79 Å². The Kier molecular flexibility index (Phi) is 5.71. The van der Waals surface area contributed by atoms with Gasteiger partial charge in [-0.05, 0) is 44.2 Å². The van der Waals surface area contributed by atoms with E-state index in [-0.39, 0.29) is 12.2 Å². The first-order chi connectivity index (χ1) is 13.1. The van der Waals surface area contributed by atoms with Crippen molar-refractivity contribution in [1.29, 1.82) is 0 Å². The average Bonchev–Trinajstić information content (AvgIpc) is 2.67. The van der Waals surface area contributed by atoms with E-state index in [1.807, 2.05) is 13.0 Å². The van der Waals surface area contributed by atoms with E-state index in [9.17, 15) is 9.59 Å². The largest absolute Gasteiger partial charge is 0.490 e. The van der Waals surface area contributed by atoms with Crippen LogP contribution >= 0.6 is 0 Å². The number of nitrogens with zero attached hydrogens (tertiary/aromatic N) is 1. The van der Waals surface area contributed by atoms with Gasteiger partial charge in [-0.15, -0.1) is 0 Å². The zero-order valence-corrected chi connectivity index (χ0v) is 15.2. The van der Waals surface area contributed by atoms with Crippen molar-refractivity contribution in [3.8, 4) is 22.9 Å². The van der Waals surface area contributed by atoms with E-state index in [0.717, 1.165) is 0 Å². The van der Waals surface area contributed by atoms with Crippen molar-refractivity contribution in [3.63, 3.8) is 0 Å². The van der Waals surface area contributed by atoms with Crippen LogP contribution in [-0.2, 0) is 9.53 Å². The molecule has 7 heteroatoms. The summed E-state index contributed by atoms with van der Waals surface area (Å²) in [6.45, 7) is 4.08. The summed E-state index contributed by atoms with van der Waals surface area (Å²) in [4.78, 5) is 31.1. The van der Waals surface area contributed by atoms with Crippen LogP contribution in [0.3, 0.4) is 0 Å². The molecule has 0 saturated carbocycles. The number of fused-ring (bicyclic) bond motifs is 1. The van der Waals surface area contributed by atoms with Crippen molar-refractivity contribution < 1.29 is 19.0 Å². The van der Waals surface area contributed by atoms with Gasteiger partial charge in [0.25, 0.3) is 5.56 Å². The molecule has 1 heterocycles. The van der Waals surface area contributed by atoms with Crippen LogP contribution in [-0.4, -0.2) is 35.8 Å². The summed E-state index contributed by atoms with van der Waals surface area (Å²) in [5.41, 5.74) is 1.07. The third kappa shape index (κ3) is 4.25. The molecule has 3 aromatic rings. The number of carbonyl (C=O) groups is 1. The van der Waals surface area contributed by atoms with Crippen LogP contribution in [0, 0.1) is 0 Å². The molecule has 1 aromatic heterocycles. The second-order valence-electron chi connectivity index (χ2n) is 5.62. The van der Waals surface area contributed by atoms with E-state index in [1.54, 1.807) is 43.3 Å². The van der Waals surface area contributed by atoms with Gasteiger partial charge in [0.1, 0.15) is 5.82 Å². The number of ether oxygens (including phenoxy) is 3. The molecule has 0 bridgehead atoms. The van der Waals surface area contributed by atoms with Gasteiger partial charge < -0.3 is 19.2 Å². The third-order valence-electron chi connectivity index (χ3n) is 3.78. The molecule has 140 valence electrons. The zero-order chi connectivity index (χ0) is 19.2. The number of nitrogens with one attached hydrogen (secondary N) is 1. The van der Waals surface area contributed by atoms with Gasteiger partial charge >= 0.3 is 5.97 Å². The summed E-state index contributed by atoms with van der Waals surface area (Å²) in [5.74, 6) is 0.841. The predicted octanol–water partition coefficient (Wildman–Crippen LogP) is 2.93. The van der Waals surface area contributed by atoms with Gasteiger partial charge in [-0.2, -0.15) is 0 Å². The van der Waals surface area contributed by atoms with Crippen LogP contribution in [0.4, 0.5) is 0 Å². The number of hydrogen-bond donors (Lipinski definition) is 1. The molecule has 0 fully saturated rings. The summed E-state index contributed by atoms with van der Waals surface area (Å²) in [5, 5.41) is 0.528. The monoisotopic (exact) mass is 368 g/mol. The van der Waals surface area contributed by atoms with E-state index in [2.05, 4.69) is 9.97 Å². The van der Waals surface area contributed by atoms with Gasteiger partial charge in [0.05, 0.1) is 24.1 Å². The van der Waals surface area contributed by atoms with E-state index in [0.29, 0.717) is 47.0 Å². The molecular formula is C20H20N2O5. The van der Waals surface area contributed by atoms with Crippen LogP contribution in [0.1, 0.15) is 13.8 Å². The third-order valence-corrected chi connectivity index (χ3v) is 3.78. The molecule has 0 aliphatic rings. The minimum atomic E-state index is -0.454. The number of H-pyrrole nitrogens is 1. The first-order valence-electron chi connectivity index (χ1n) is 8.67. The number of rotatable bonds is 7. The van der Waals surface area contributed by atoms with Gasteiger partial charge in [0, 0.05) is 5.56 Å². The van der Waals surface area contributed by atoms with Crippen molar-refractivity contribution in [2.24, 2.45) is 0 Å². The minimum Gasteiger partial charge on any atom is -0.490 e. The van der Waals surface area contributed by atoms with E-state index in [4.69, 9.17) is 14.2 Å². The summed E-state index contributed by atoms with van der Waals surface area (Å²) >= 11 is 0. The highest BCUT2D eigenvalue weighted by Gasteiger charge is 2.12. The summed E-state index contributed by atoms with van der Waals surface area (Å²) in [6, 6.07) is 12.3. The Morgan fingerprint density at radius 2 is 1.85 bits per heavy atom. The van der Waals surface area contributed by atoms with Crippen LogP contribution in [0.2, 0.25) is 0 Å². The maximum atomic E-state index is 12.3. The molecule has 27 heavy (non-hydrogen) atoms. The highest BCUT2D eigenvalue weighted by Crippen LogP contribution is 2.31. The second kappa shape index (κ2) is 8.35. The molecule has 0 atom stereocenters. The van der Waals surface area contributed by atoms with Gasteiger partial charge in [0.2, 0.25) is 0 Å². The van der Waals surface area contributed by atoms with Crippen molar-refractivity contribution in [1.82, 2.24) is 9.97 Å². The molecular weight excluding hydrogens is 348 g/mol. The summed E-state index contributed by atoms with van der Waals surface area (Å²) in [7, 11) is 0. The maximum Gasteiger partial charge on any atom is 0.344 e. The van der Waals surface area contributed by atoms with E-state index < -0.39 is 5.97 Å². The molecule has 0 aliphatic carbocycles. The lowest BCUT2D eigenvalue weighted by atomic mass is 10.1. The van der Waals surface area contributed by atoms with Crippen LogP contribution in [0.25, 0.3) is 22.3 Å². The zero-order valence-electron chi connectivity index (χ0n) is 15.2. The highest BCUT2D eigenvalue weighted by molar-refractivity contribution is 5.79. The fourth-order valence-corrected chi connectivity index (χ4v) is 2.61. The number of aromatic amines is 1. The quantitative estimate of drug-likeness (QED) is 0.645. The highest BCUT2D eigenvalue weighted by atomic mass is 16.6. The van der Waals surface area contributed by atoms with E-state index in [1.165, 1.54) is 0 Å². The van der Waals surface area contributed by atoms with Gasteiger partial charge in [-0.25, -0.2) is 9.78 Å². The van der Waals surface area contributed by atoms with Crippen LogP contribution in [0.5, 0.6) is 11.5 Å². The van der Waals surface area contributed by atoms with Gasteiger partial charge in [0.15, 0.2) is 18.1 Å². The Bertz CT molecular complexity index is 1010. The minimum absolute atomic E-state index is 0.210. The fourth-order valence-electron chi connectivity index (χ4n) is 2.61. The number of benzene rings is 2. The van der Waals surface area contributed by atoms with Crippen LogP contribution < -0.4 is 15.0 Å². The smallest absolute Gasteiger partial charge is 0.344 e. The molecule has 0 aliphatic heterocycles. The Labute approximate surface area is 155 Å². The lowest BCUT2D eigenvalue weighted by Gasteiger charge is -2.13. The van der Waals surface area contributed by atoms with Crippen molar-refractivity contribution in [3.05, 3.63) is 52.8 Å². The molecule has 7 nitrogen and oxygen atoms in total. The Hall–Kier alpha value is -3.35. The van der Waals surface area contributed by atoms with Gasteiger partial charge in [-0.1, -0.05) is 12.1 Å². The topological polar surface area (TPSA) is 90.5 Å². The molecule has 3 rings (SSSR count). The number of aromatic nitrogens is 2. The maximum absolute atomic E-state index is 12.3. The van der Waals surface area contributed by atoms with E-state index >= 15 is 0 Å². The summed E-state index contributed by atoms with van der Waals surface area (Å²) < 4.78 is 16.0. The Morgan fingerprint density at radius 1 is 1.04 bits per heavy atom. The molecule has 2 aromatic carbocycles. The number of hydrogen-bond acceptors (Lipinski definition) is 6. The molecule has 0 unspecified atom stereocenters. The lowest BCUT2D eigenvalue weighted by Crippen LogP contribution is -2.15. The fraction of sp³-hybridized carbons (Fsp3) is 0.250. The standard InChI is InChI=1S/C20H20N2O5/c1-3-25-17-11-13(9-10-16(17)27-12-18(23)26-4-2)19-21-15-8-6-5-7-14(15)20(24)22-19/h5-11H,3-4,12H2,1-2H3,(H,21,22,24). The normalized spacial score (nSPS) is 10.6. The van der Waals surface area contributed by atoms with Crippen molar-refractivity contribution >= 4 is 16.9 Å². The molecule has 0 spiro atoms. The SMILES string of the molecule is CCOC(=O)COc1ccc(-c2nc3ccccc3c(=O)[nH]2)cc1OCC. The average molecular weight is 368 g/mol. The summed E-state index contributed by atoms with van der Waals surface area (Å²) in [6.07, 6.45) is 0. The van der Waals surface area contributed by atoms with Crippen LogP contribution in [0.15, 0.2) is 47.3 Å². The number of carbonyl (C=O) groups excluding carboxylic acids is 1. The predicted molar refractivity (Wildman–Crippen MR) is 101 cm³/mol. The molecule has 0 radical (unpaired) electrons. The number of esters is 1. The first kappa shape index (κ1) is 18.4. The lowest BCUT2D eigenvalue weighted by molar-refractivity contribution is -0.145. The molecule has 0 saturated heterocycles. The Balaban J connectivity index is 1.94.